The van der Waals surface area contributed by atoms with Crippen molar-refractivity contribution in [3.63, 3.8) is 0 Å². The van der Waals surface area contributed by atoms with Gasteiger partial charge in [0.05, 0.1) is 6.10 Å². The van der Waals surface area contributed by atoms with Gasteiger partial charge in [-0.25, -0.2) is 4.79 Å². The summed E-state index contributed by atoms with van der Waals surface area (Å²) < 4.78 is 0. The molecule has 17 heavy (non-hydrogen) atoms. The van der Waals surface area contributed by atoms with Crippen molar-refractivity contribution in [2.24, 2.45) is 0 Å². The third-order valence-corrected chi connectivity index (χ3v) is 4.17. The third-order valence-electron chi connectivity index (χ3n) is 2.79. The Hall–Kier alpha value is -1.28. The molecular weight excluding hydrogens is 248 g/mol. The van der Waals surface area contributed by atoms with Gasteiger partial charge in [-0.15, -0.1) is 11.8 Å². The average molecular weight is 260 g/mol. The van der Waals surface area contributed by atoms with Crippen LogP contribution < -0.4 is 5.32 Å². The molecule has 0 aromatic rings. The number of carbonyl (C=O) groups excluding carboxylic acids is 2. The van der Waals surface area contributed by atoms with Gasteiger partial charge in [-0.05, 0) is 0 Å². The van der Waals surface area contributed by atoms with Gasteiger partial charge < -0.3 is 20.4 Å². The molecule has 0 aliphatic carbocycles. The van der Waals surface area contributed by atoms with Crippen LogP contribution in [0.3, 0.4) is 0 Å². The lowest BCUT2D eigenvalue weighted by Gasteiger charge is -2.53. The van der Waals surface area contributed by atoms with Gasteiger partial charge in [-0.3, -0.25) is 9.59 Å². The second-order valence-corrected chi connectivity index (χ2v) is 5.15. The number of β-lactam (4-membered cyclic amide) rings is 1. The molecule has 2 aliphatic heterocycles. The number of hydrogen-bond donors (Lipinski definition) is 3. The summed E-state index contributed by atoms with van der Waals surface area (Å²) in [6.45, 7) is 1.30. The first-order valence-electron chi connectivity index (χ1n) is 5.05. The molecule has 2 heterocycles. The van der Waals surface area contributed by atoms with E-state index >= 15 is 0 Å². The topological polar surface area (TPSA) is 107 Å². The number of nitrogens with zero attached hydrogens (tertiary/aromatic N) is 1. The van der Waals surface area contributed by atoms with Crippen molar-refractivity contribution in [1.82, 2.24) is 10.2 Å². The highest BCUT2D eigenvalue weighted by atomic mass is 32.2. The van der Waals surface area contributed by atoms with Crippen LogP contribution in [0.25, 0.3) is 0 Å². The Balaban J connectivity index is 2.14. The SMILES string of the molecule is CC(=O)N[C@@H]1C(=O)N2C(C(=O)O)C(O)CS[C@H]12. The quantitative estimate of drug-likeness (QED) is 0.507. The molecular formula is C9H12N2O5S. The first kappa shape index (κ1) is 12.2. The third kappa shape index (κ3) is 1.87. The van der Waals surface area contributed by atoms with Gasteiger partial charge in [0, 0.05) is 12.7 Å². The zero-order chi connectivity index (χ0) is 12.7. The fourth-order valence-corrected chi connectivity index (χ4v) is 3.42. The van der Waals surface area contributed by atoms with Crippen LogP contribution in [0.5, 0.6) is 0 Å². The van der Waals surface area contributed by atoms with E-state index in [4.69, 9.17) is 5.11 Å². The summed E-state index contributed by atoms with van der Waals surface area (Å²) in [7, 11) is 0. The molecule has 8 heteroatoms. The van der Waals surface area contributed by atoms with E-state index in [-0.39, 0.29) is 11.7 Å². The minimum Gasteiger partial charge on any atom is -0.480 e. The monoisotopic (exact) mass is 260 g/mol. The summed E-state index contributed by atoms with van der Waals surface area (Å²) in [6, 6.07) is -1.88. The number of rotatable bonds is 2. The summed E-state index contributed by atoms with van der Waals surface area (Å²) in [5.74, 6) is -1.77. The van der Waals surface area contributed by atoms with Gasteiger partial charge in [-0.2, -0.15) is 0 Å². The van der Waals surface area contributed by atoms with Crippen LogP contribution in [0.15, 0.2) is 0 Å². The molecule has 4 atom stereocenters. The molecule has 0 spiro atoms. The Labute approximate surface area is 101 Å². The van der Waals surface area contributed by atoms with E-state index in [0.717, 1.165) is 4.90 Å². The maximum Gasteiger partial charge on any atom is 0.329 e. The standard InChI is InChI=1S/C9H12N2O5S/c1-3(12)10-5-7(14)11-6(9(15)16)4(13)2-17-8(5)11/h4-6,8,13H,2H2,1H3,(H,10,12)(H,15,16)/t4?,5-,6?,8-/m1/s1. The number of thioether (sulfide) groups is 1. The van der Waals surface area contributed by atoms with Gasteiger partial charge >= 0.3 is 5.97 Å². The average Bonchev–Trinajstić information content (AvgIpc) is 2.24. The number of nitrogens with one attached hydrogen (secondary N) is 1. The number of fused-ring (bicyclic) bond motifs is 1. The maximum atomic E-state index is 11.7. The minimum atomic E-state index is -1.22. The van der Waals surface area contributed by atoms with E-state index in [1.165, 1.54) is 18.7 Å². The van der Waals surface area contributed by atoms with Crippen molar-refractivity contribution in [1.29, 1.82) is 0 Å². The van der Waals surface area contributed by atoms with Crippen LogP contribution in [-0.4, -0.2) is 62.2 Å². The van der Waals surface area contributed by atoms with Crippen LogP contribution in [0.2, 0.25) is 0 Å². The van der Waals surface area contributed by atoms with Crippen molar-refractivity contribution in [3.05, 3.63) is 0 Å². The first-order valence-corrected chi connectivity index (χ1v) is 6.10. The van der Waals surface area contributed by atoms with Gasteiger partial charge in [-0.1, -0.05) is 0 Å². The molecule has 2 rings (SSSR count). The largest absolute Gasteiger partial charge is 0.480 e. The fraction of sp³-hybridized carbons (Fsp3) is 0.667. The molecule has 0 aromatic heterocycles. The number of amides is 2. The molecule has 94 valence electrons. The maximum absolute atomic E-state index is 11.7. The lowest BCUT2D eigenvalue weighted by atomic mass is 9.99. The molecule has 2 saturated heterocycles. The van der Waals surface area contributed by atoms with E-state index in [2.05, 4.69) is 5.32 Å². The molecule has 2 unspecified atom stereocenters. The number of aliphatic hydroxyl groups excluding tert-OH is 1. The molecule has 2 fully saturated rings. The second-order valence-electron chi connectivity index (χ2n) is 4.00. The van der Waals surface area contributed by atoms with Crippen molar-refractivity contribution in [2.75, 3.05) is 5.75 Å². The van der Waals surface area contributed by atoms with Gasteiger partial charge in [0.2, 0.25) is 11.8 Å². The van der Waals surface area contributed by atoms with Crippen molar-refractivity contribution >= 4 is 29.5 Å². The van der Waals surface area contributed by atoms with Crippen LogP contribution in [0.1, 0.15) is 6.92 Å². The van der Waals surface area contributed by atoms with Gasteiger partial charge in [0.25, 0.3) is 0 Å². The Bertz CT molecular complexity index is 388. The lowest BCUT2D eigenvalue weighted by Crippen LogP contribution is -2.76. The summed E-state index contributed by atoms with van der Waals surface area (Å²) in [6.07, 6.45) is -1.07. The Kier molecular flexibility index (Phi) is 3.00. The van der Waals surface area contributed by atoms with Crippen molar-refractivity contribution in [2.45, 2.75) is 30.5 Å². The Morgan fingerprint density at radius 1 is 1.53 bits per heavy atom. The van der Waals surface area contributed by atoms with Crippen LogP contribution >= 0.6 is 11.8 Å². The summed E-state index contributed by atoms with van der Waals surface area (Å²) in [5.41, 5.74) is 0. The number of hydrogen-bond acceptors (Lipinski definition) is 5. The highest BCUT2D eigenvalue weighted by Crippen LogP contribution is 2.38. The highest BCUT2D eigenvalue weighted by molar-refractivity contribution is 8.00. The number of carbonyl (C=O) groups is 3. The summed E-state index contributed by atoms with van der Waals surface area (Å²) >= 11 is 1.27. The van der Waals surface area contributed by atoms with E-state index in [1.54, 1.807) is 0 Å². The summed E-state index contributed by atoms with van der Waals surface area (Å²) in [4.78, 5) is 34.7. The zero-order valence-corrected chi connectivity index (χ0v) is 9.81. The van der Waals surface area contributed by atoms with Crippen LogP contribution in [0, 0.1) is 0 Å². The van der Waals surface area contributed by atoms with E-state index in [0.29, 0.717) is 0 Å². The molecule has 0 saturated carbocycles. The second kappa shape index (κ2) is 4.19. The number of carboxylic acid groups (broad SMARTS) is 1. The number of carboxylic acids is 1. The van der Waals surface area contributed by atoms with Crippen molar-refractivity contribution < 1.29 is 24.6 Å². The zero-order valence-electron chi connectivity index (χ0n) is 8.99. The molecule has 0 aromatic carbocycles. The summed E-state index contributed by atoms with van der Waals surface area (Å²) in [5, 5.41) is 20.6. The predicted molar refractivity (Wildman–Crippen MR) is 58.1 cm³/mol. The molecule has 3 N–H and O–H groups in total. The van der Waals surface area contributed by atoms with Crippen LogP contribution in [0.4, 0.5) is 0 Å². The normalized spacial score (nSPS) is 35.9. The Morgan fingerprint density at radius 3 is 2.71 bits per heavy atom. The smallest absolute Gasteiger partial charge is 0.329 e. The predicted octanol–water partition coefficient (Wildman–Crippen LogP) is -1.78. The first-order chi connectivity index (χ1) is 7.93. The number of aliphatic hydroxyl groups is 1. The van der Waals surface area contributed by atoms with Crippen molar-refractivity contribution in [3.8, 4) is 0 Å². The number of aliphatic carboxylic acids is 1. The van der Waals surface area contributed by atoms with Crippen LogP contribution in [-0.2, 0) is 14.4 Å². The molecule has 2 amide bonds. The molecule has 7 nitrogen and oxygen atoms in total. The Morgan fingerprint density at radius 2 is 2.18 bits per heavy atom. The molecule has 0 radical (unpaired) electrons. The van der Waals surface area contributed by atoms with E-state index in [1.807, 2.05) is 0 Å². The molecule has 0 bridgehead atoms. The van der Waals surface area contributed by atoms with Gasteiger partial charge in [0.15, 0.2) is 6.04 Å². The molecule has 2 aliphatic rings. The lowest BCUT2D eigenvalue weighted by molar-refractivity contribution is -0.167. The van der Waals surface area contributed by atoms with Gasteiger partial charge in [0.1, 0.15) is 11.4 Å². The van der Waals surface area contributed by atoms with E-state index < -0.39 is 35.4 Å². The minimum absolute atomic E-state index is 0.238. The fourth-order valence-electron chi connectivity index (χ4n) is 2.07. The van der Waals surface area contributed by atoms with E-state index in [9.17, 15) is 19.5 Å². The highest BCUT2D eigenvalue weighted by Gasteiger charge is 2.57.